The highest BCUT2D eigenvalue weighted by Crippen LogP contribution is 2.17. The molecule has 2 N–H and O–H groups in total. The lowest BCUT2D eigenvalue weighted by atomic mass is 10.3. The first kappa shape index (κ1) is 13.5. The average Bonchev–Trinajstić information content (AvgIpc) is 2.32. The number of hydrogen-bond acceptors (Lipinski definition) is 1. The molecule has 0 spiro atoms. The molecule has 0 unspecified atom stereocenters. The molecule has 2 aromatic carbocycles. The molecule has 0 aliphatic rings. The van der Waals surface area contributed by atoms with Crippen LogP contribution in [0.2, 0.25) is 0 Å². The van der Waals surface area contributed by atoms with Gasteiger partial charge in [-0.15, -0.1) is 0 Å². The predicted molar refractivity (Wildman–Crippen MR) is 88.1 cm³/mol. The molecular formula is C13H10Br2N2S. The molecule has 0 radical (unpaired) electrons. The number of halogens is 2. The molecule has 0 heterocycles. The van der Waals surface area contributed by atoms with Crippen LogP contribution in [0.25, 0.3) is 0 Å². The highest BCUT2D eigenvalue weighted by atomic mass is 79.9. The van der Waals surface area contributed by atoms with E-state index in [-0.39, 0.29) is 0 Å². The van der Waals surface area contributed by atoms with Crippen LogP contribution >= 0.6 is 44.1 Å². The fraction of sp³-hybridized carbons (Fsp3) is 0. The van der Waals surface area contributed by atoms with Crippen molar-refractivity contribution in [2.45, 2.75) is 0 Å². The summed E-state index contributed by atoms with van der Waals surface area (Å²) >= 11 is 12.1. The lowest BCUT2D eigenvalue weighted by molar-refractivity contribution is 1.57. The molecule has 0 saturated carbocycles. The summed E-state index contributed by atoms with van der Waals surface area (Å²) in [6, 6.07) is 15.7. The minimum absolute atomic E-state index is 0.565. The molecule has 0 aliphatic carbocycles. The summed E-state index contributed by atoms with van der Waals surface area (Å²) < 4.78 is 2.05. The Balaban J connectivity index is 1.98. The summed E-state index contributed by atoms with van der Waals surface area (Å²) in [5.41, 5.74) is 1.89. The van der Waals surface area contributed by atoms with Crippen LogP contribution in [-0.4, -0.2) is 5.11 Å². The molecule has 0 atom stereocenters. The molecular weight excluding hydrogens is 376 g/mol. The number of benzene rings is 2. The molecule has 92 valence electrons. The normalized spacial score (nSPS) is 9.89. The maximum Gasteiger partial charge on any atom is 0.175 e. The molecule has 5 heteroatoms. The van der Waals surface area contributed by atoms with Crippen LogP contribution in [0.3, 0.4) is 0 Å². The maximum atomic E-state index is 5.24. The van der Waals surface area contributed by atoms with Gasteiger partial charge in [-0.05, 0) is 54.7 Å². The molecule has 0 bridgehead atoms. The van der Waals surface area contributed by atoms with E-state index < -0.39 is 0 Å². The third kappa shape index (κ3) is 4.08. The van der Waals surface area contributed by atoms with Crippen molar-refractivity contribution in [3.63, 3.8) is 0 Å². The first-order chi connectivity index (χ1) is 8.63. The summed E-state index contributed by atoms with van der Waals surface area (Å²) in [7, 11) is 0. The highest BCUT2D eigenvalue weighted by Gasteiger charge is 1.99. The van der Waals surface area contributed by atoms with Crippen molar-refractivity contribution >= 4 is 60.6 Å². The molecule has 2 aromatic rings. The van der Waals surface area contributed by atoms with E-state index in [9.17, 15) is 0 Å². The smallest absolute Gasteiger partial charge is 0.175 e. The van der Waals surface area contributed by atoms with Crippen molar-refractivity contribution in [2.24, 2.45) is 0 Å². The van der Waals surface area contributed by atoms with E-state index in [1.807, 2.05) is 48.5 Å². The van der Waals surface area contributed by atoms with Gasteiger partial charge in [-0.3, -0.25) is 0 Å². The standard InChI is InChI=1S/C13H10Br2N2S/c14-9-4-6-11(7-5-9)16-13(18)17-12-3-1-2-10(15)8-12/h1-8H,(H2,16,17,18). The molecule has 0 saturated heterocycles. The lowest BCUT2D eigenvalue weighted by Gasteiger charge is -2.10. The van der Waals surface area contributed by atoms with E-state index in [4.69, 9.17) is 12.2 Å². The summed E-state index contributed by atoms with van der Waals surface area (Å²) in [6.45, 7) is 0. The maximum absolute atomic E-state index is 5.24. The van der Waals surface area contributed by atoms with Crippen molar-refractivity contribution in [3.8, 4) is 0 Å². The van der Waals surface area contributed by atoms with Crippen LogP contribution < -0.4 is 10.6 Å². The summed E-state index contributed by atoms with van der Waals surface area (Å²) in [5, 5.41) is 6.81. The number of thiocarbonyl (C=S) groups is 1. The Morgan fingerprint density at radius 2 is 1.50 bits per heavy atom. The first-order valence-corrected chi connectivity index (χ1v) is 7.22. The molecule has 2 nitrogen and oxygen atoms in total. The third-order valence-electron chi connectivity index (χ3n) is 2.18. The van der Waals surface area contributed by atoms with Crippen LogP contribution in [0.5, 0.6) is 0 Å². The predicted octanol–water partition coefficient (Wildman–Crippen LogP) is 5.02. The zero-order valence-corrected chi connectivity index (χ0v) is 13.3. The Bertz CT molecular complexity index is 555. The van der Waals surface area contributed by atoms with Gasteiger partial charge in [0.2, 0.25) is 0 Å². The van der Waals surface area contributed by atoms with Gasteiger partial charge >= 0.3 is 0 Å². The molecule has 0 fully saturated rings. The van der Waals surface area contributed by atoms with Gasteiger partial charge in [0.25, 0.3) is 0 Å². The number of hydrogen-bond donors (Lipinski definition) is 2. The number of nitrogens with one attached hydrogen (secondary N) is 2. The SMILES string of the molecule is S=C(Nc1ccc(Br)cc1)Nc1cccc(Br)c1. The van der Waals surface area contributed by atoms with E-state index in [1.165, 1.54) is 0 Å². The molecule has 18 heavy (non-hydrogen) atoms. The zero-order chi connectivity index (χ0) is 13.0. The van der Waals surface area contributed by atoms with Gasteiger partial charge in [0, 0.05) is 20.3 Å². The van der Waals surface area contributed by atoms with Crippen molar-refractivity contribution in [1.82, 2.24) is 0 Å². The molecule has 0 aliphatic heterocycles. The quantitative estimate of drug-likeness (QED) is 0.709. The van der Waals surface area contributed by atoms with Crippen molar-refractivity contribution in [1.29, 1.82) is 0 Å². The average molecular weight is 386 g/mol. The van der Waals surface area contributed by atoms with Gasteiger partial charge in [-0.2, -0.15) is 0 Å². The summed E-state index contributed by atoms with van der Waals surface area (Å²) in [4.78, 5) is 0. The summed E-state index contributed by atoms with van der Waals surface area (Å²) in [5.74, 6) is 0. The van der Waals surface area contributed by atoms with Crippen molar-refractivity contribution in [3.05, 3.63) is 57.5 Å². The fourth-order valence-corrected chi connectivity index (χ4v) is 2.29. The second kappa shape index (κ2) is 6.31. The minimum Gasteiger partial charge on any atom is -0.332 e. The van der Waals surface area contributed by atoms with E-state index in [0.29, 0.717) is 5.11 Å². The van der Waals surface area contributed by atoms with E-state index in [0.717, 1.165) is 20.3 Å². The highest BCUT2D eigenvalue weighted by molar-refractivity contribution is 9.10. The minimum atomic E-state index is 0.565. The Kier molecular flexibility index (Phi) is 4.74. The van der Waals surface area contributed by atoms with Crippen LogP contribution in [-0.2, 0) is 0 Å². The number of rotatable bonds is 2. The van der Waals surface area contributed by atoms with Crippen LogP contribution in [0, 0.1) is 0 Å². The van der Waals surface area contributed by atoms with Crippen LogP contribution in [0.1, 0.15) is 0 Å². The van der Waals surface area contributed by atoms with Gasteiger partial charge in [0.05, 0.1) is 0 Å². The molecule has 0 aromatic heterocycles. The summed E-state index contributed by atoms with van der Waals surface area (Å²) in [6.07, 6.45) is 0. The van der Waals surface area contributed by atoms with E-state index >= 15 is 0 Å². The van der Waals surface area contributed by atoms with E-state index in [2.05, 4.69) is 42.5 Å². The van der Waals surface area contributed by atoms with E-state index in [1.54, 1.807) is 0 Å². The van der Waals surface area contributed by atoms with Crippen molar-refractivity contribution < 1.29 is 0 Å². The van der Waals surface area contributed by atoms with Gasteiger partial charge in [-0.25, -0.2) is 0 Å². The van der Waals surface area contributed by atoms with Crippen LogP contribution in [0.4, 0.5) is 11.4 Å². The first-order valence-electron chi connectivity index (χ1n) is 5.22. The Morgan fingerprint density at radius 1 is 0.833 bits per heavy atom. The van der Waals surface area contributed by atoms with Gasteiger partial charge in [0.1, 0.15) is 0 Å². The molecule has 0 amide bonds. The Hall–Kier alpha value is -0.910. The van der Waals surface area contributed by atoms with Crippen molar-refractivity contribution in [2.75, 3.05) is 10.6 Å². The second-order valence-corrected chi connectivity index (χ2v) is 5.84. The topological polar surface area (TPSA) is 24.1 Å². The molecule has 2 rings (SSSR count). The van der Waals surface area contributed by atoms with Gasteiger partial charge < -0.3 is 10.6 Å². The monoisotopic (exact) mass is 384 g/mol. The largest absolute Gasteiger partial charge is 0.332 e. The van der Waals surface area contributed by atoms with Crippen LogP contribution in [0.15, 0.2) is 57.5 Å². The second-order valence-electron chi connectivity index (χ2n) is 3.60. The lowest BCUT2D eigenvalue weighted by Crippen LogP contribution is -2.18. The fourth-order valence-electron chi connectivity index (χ4n) is 1.39. The van der Waals surface area contributed by atoms with Gasteiger partial charge in [0.15, 0.2) is 5.11 Å². The van der Waals surface area contributed by atoms with Gasteiger partial charge in [-0.1, -0.05) is 37.9 Å². The zero-order valence-electron chi connectivity index (χ0n) is 9.28. The Labute approximate surface area is 128 Å². The number of anilines is 2. The Morgan fingerprint density at radius 3 is 2.17 bits per heavy atom. The third-order valence-corrected chi connectivity index (χ3v) is 3.41.